The van der Waals surface area contributed by atoms with Crippen molar-refractivity contribution in [3.63, 3.8) is 0 Å². The largest absolute Gasteiger partial charge is 0.416 e. The van der Waals surface area contributed by atoms with Crippen LogP contribution in [-0.4, -0.2) is 8.42 Å². The van der Waals surface area contributed by atoms with Crippen LogP contribution in [0.25, 0.3) is 0 Å². The van der Waals surface area contributed by atoms with Gasteiger partial charge < -0.3 is 0 Å². The van der Waals surface area contributed by atoms with Gasteiger partial charge in [-0.2, -0.15) is 13.2 Å². The highest BCUT2D eigenvalue weighted by Gasteiger charge is 2.30. The van der Waals surface area contributed by atoms with Gasteiger partial charge in [0.25, 0.3) is 10.0 Å². The monoisotopic (exact) mass is 413 g/mol. The van der Waals surface area contributed by atoms with Crippen LogP contribution in [0, 0.1) is 0 Å². The summed E-state index contributed by atoms with van der Waals surface area (Å²) in [4.78, 5) is -0.292. The van der Waals surface area contributed by atoms with E-state index < -0.39 is 21.8 Å². The Morgan fingerprint density at radius 3 is 2.14 bits per heavy atom. The van der Waals surface area contributed by atoms with E-state index in [1.807, 2.05) is 0 Å². The molecule has 9 heteroatoms. The molecule has 0 aliphatic rings. The summed E-state index contributed by atoms with van der Waals surface area (Å²) < 4.78 is 64.6. The van der Waals surface area contributed by atoms with E-state index in [-0.39, 0.29) is 15.6 Å². The zero-order chi connectivity index (χ0) is 16.5. The van der Waals surface area contributed by atoms with Gasteiger partial charge in [-0.15, -0.1) is 0 Å². The maximum Gasteiger partial charge on any atom is 0.416 e. The van der Waals surface area contributed by atoms with E-state index >= 15 is 0 Å². The highest BCUT2D eigenvalue weighted by atomic mass is 79.9. The summed E-state index contributed by atoms with van der Waals surface area (Å²) in [5, 5.41) is 0.157. The van der Waals surface area contributed by atoms with E-state index in [1.54, 1.807) is 6.07 Å². The van der Waals surface area contributed by atoms with Crippen molar-refractivity contribution in [2.45, 2.75) is 11.1 Å². The van der Waals surface area contributed by atoms with E-state index in [2.05, 4.69) is 20.7 Å². The van der Waals surface area contributed by atoms with E-state index in [0.29, 0.717) is 16.6 Å². The van der Waals surface area contributed by atoms with Gasteiger partial charge in [-0.3, -0.25) is 4.72 Å². The molecule has 1 N–H and O–H groups in total. The lowest BCUT2D eigenvalue weighted by Gasteiger charge is -2.11. The number of alkyl halides is 3. The van der Waals surface area contributed by atoms with Crippen molar-refractivity contribution in [3.8, 4) is 0 Å². The van der Waals surface area contributed by atoms with Crippen molar-refractivity contribution < 1.29 is 21.6 Å². The zero-order valence-electron chi connectivity index (χ0n) is 10.7. The Hall–Kier alpha value is -1.25. The molecule has 0 spiro atoms. The van der Waals surface area contributed by atoms with Crippen molar-refractivity contribution in [1.82, 2.24) is 0 Å². The molecule has 0 amide bonds. The van der Waals surface area contributed by atoms with Crippen molar-refractivity contribution in [1.29, 1.82) is 0 Å². The molecule has 0 saturated heterocycles. The maximum absolute atomic E-state index is 12.5. The van der Waals surface area contributed by atoms with Crippen LogP contribution in [-0.2, 0) is 16.2 Å². The first-order valence-corrected chi connectivity index (χ1v) is 8.40. The van der Waals surface area contributed by atoms with Crippen molar-refractivity contribution in [3.05, 3.63) is 57.5 Å². The fraction of sp³-hybridized carbons (Fsp3) is 0.0769. The van der Waals surface area contributed by atoms with Gasteiger partial charge in [0.05, 0.1) is 21.2 Å². The first-order chi connectivity index (χ1) is 10.1. The summed E-state index contributed by atoms with van der Waals surface area (Å²) in [6, 6.07) is 7.70. The lowest BCUT2D eigenvalue weighted by atomic mass is 10.2. The average molecular weight is 415 g/mol. The van der Waals surface area contributed by atoms with Gasteiger partial charge in [0.15, 0.2) is 0 Å². The van der Waals surface area contributed by atoms with Gasteiger partial charge in [-0.05, 0) is 42.5 Å². The van der Waals surface area contributed by atoms with Crippen LogP contribution < -0.4 is 4.72 Å². The Morgan fingerprint density at radius 2 is 1.64 bits per heavy atom. The molecule has 0 fully saturated rings. The molecule has 0 aliphatic heterocycles. The Bertz CT molecular complexity index is 792. The van der Waals surface area contributed by atoms with Gasteiger partial charge in [-0.25, -0.2) is 8.42 Å². The van der Waals surface area contributed by atoms with Crippen molar-refractivity contribution in [2.24, 2.45) is 0 Å². The zero-order valence-corrected chi connectivity index (χ0v) is 13.8. The molecule has 0 atom stereocenters. The molecular formula is C13H8BrClF3NO2S. The SMILES string of the molecule is O=S(=O)(Nc1ccc(Br)cc1Cl)c1ccc(C(F)(F)F)cc1. The first-order valence-electron chi connectivity index (χ1n) is 5.75. The third kappa shape index (κ3) is 3.93. The minimum Gasteiger partial charge on any atom is -0.278 e. The second-order valence-electron chi connectivity index (χ2n) is 4.25. The van der Waals surface area contributed by atoms with Crippen molar-refractivity contribution >= 4 is 43.2 Å². The standard InChI is InChI=1S/C13H8BrClF3NO2S/c14-9-3-6-12(11(15)7-9)19-22(20,21)10-4-1-8(2-5-10)13(16,17)18/h1-7,19H. The summed E-state index contributed by atoms with van der Waals surface area (Å²) in [5.74, 6) is 0. The number of rotatable bonds is 3. The van der Waals surface area contributed by atoms with E-state index in [1.165, 1.54) is 12.1 Å². The number of hydrogen-bond acceptors (Lipinski definition) is 2. The number of benzene rings is 2. The molecule has 0 saturated carbocycles. The summed E-state index contributed by atoms with van der Waals surface area (Å²) in [6.45, 7) is 0. The molecule has 2 aromatic rings. The molecule has 2 aromatic carbocycles. The molecular weight excluding hydrogens is 407 g/mol. The maximum atomic E-state index is 12.5. The van der Waals surface area contributed by atoms with Crippen LogP contribution in [0.15, 0.2) is 51.8 Å². The predicted octanol–water partition coefficient (Wildman–Crippen LogP) is 4.92. The number of halogens is 5. The normalized spacial score (nSPS) is 12.2. The van der Waals surface area contributed by atoms with Gasteiger partial charge >= 0.3 is 6.18 Å². The van der Waals surface area contributed by atoms with Crippen molar-refractivity contribution in [2.75, 3.05) is 4.72 Å². The summed E-state index contributed by atoms with van der Waals surface area (Å²) in [5.41, 5.74) is -0.794. The van der Waals surface area contributed by atoms with Crippen LogP contribution in [0.3, 0.4) is 0 Å². The number of hydrogen-bond donors (Lipinski definition) is 1. The Labute approximate surface area is 138 Å². The molecule has 3 nitrogen and oxygen atoms in total. The minimum atomic E-state index is -4.52. The van der Waals surface area contributed by atoms with Gasteiger partial charge in [0.1, 0.15) is 0 Å². The molecule has 2 rings (SSSR count). The smallest absolute Gasteiger partial charge is 0.278 e. The number of anilines is 1. The first kappa shape index (κ1) is 17.1. The van der Waals surface area contributed by atoms with Gasteiger partial charge in [0, 0.05) is 4.47 Å². The number of nitrogens with one attached hydrogen (secondary N) is 1. The minimum absolute atomic E-state index is 0.129. The van der Waals surface area contributed by atoms with Crippen LogP contribution in [0.2, 0.25) is 5.02 Å². The van der Waals surface area contributed by atoms with Gasteiger partial charge in [-0.1, -0.05) is 27.5 Å². The molecule has 0 aromatic heterocycles. The quantitative estimate of drug-likeness (QED) is 0.775. The fourth-order valence-electron chi connectivity index (χ4n) is 1.60. The van der Waals surface area contributed by atoms with E-state index in [0.717, 1.165) is 12.1 Å². The molecule has 0 aliphatic carbocycles. The second-order valence-corrected chi connectivity index (χ2v) is 7.26. The van der Waals surface area contributed by atoms with Crippen LogP contribution in [0.1, 0.15) is 5.56 Å². The third-order valence-electron chi connectivity index (χ3n) is 2.67. The summed E-state index contributed by atoms with van der Waals surface area (Å²) in [7, 11) is -4.03. The lowest BCUT2D eigenvalue weighted by Crippen LogP contribution is -2.14. The predicted molar refractivity (Wildman–Crippen MR) is 81.4 cm³/mol. The average Bonchev–Trinajstić information content (AvgIpc) is 2.41. The Balaban J connectivity index is 2.31. The van der Waals surface area contributed by atoms with Crippen LogP contribution >= 0.6 is 27.5 Å². The molecule has 0 heterocycles. The van der Waals surface area contributed by atoms with Crippen LogP contribution in [0.5, 0.6) is 0 Å². The highest BCUT2D eigenvalue weighted by Crippen LogP contribution is 2.31. The summed E-state index contributed by atoms with van der Waals surface area (Å²) >= 11 is 9.08. The Kier molecular flexibility index (Phi) is 4.74. The van der Waals surface area contributed by atoms with Gasteiger partial charge in [0.2, 0.25) is 0 Å². The Morgan fingerprint density at radius 1 is 1.05 bits per heavy atom. The molecule has 0 unspecified atom stereocenters. The third-order valence-corrected chi connectivity index (χ3v) is 4.85. The van der Waals surface area contributed by atoms with E-state index in [4.69, 9.17) is 11.6 Å². The highest BCUT2D eigenvalue weighted by molar-refractivity contribution is 9.10. The van der Waals surface area contributed by atoms with Crippen LogP contribution in [0.4, 0.5) is 18.9 Å². The van der Waals surface area contributed by atoms with E-state index in [9.17, 15) is 21.6 Å². The molecule has 22 heavy (non-hydrogen) atoms. The molecule has 0 radical (unpaired) electrons. The fourth-order valence-corrected chi connectivity index (χ4v) is 3.46. The second kappa shape index (κ2) is 6.10. The summed E-state index contributed by atoms with van der Waals surface area (Å²) in [6.07, 6.45) is -4.52. The molecule has 118 valence electrons. The number of sulfonamides is 1. The molecule has 0 bridgehead atoms. The lowest BCUT2D eigenvalue weighted by molar-refractivity contribution is -0.137. The topological polar surface area (TPSA) is 46.2 Å².